The molecule has 5 aromatic rings. The van der Waals surface area contributed by atoms with E-state index in [1.807, 2.05) is 97.1 Å². The molecule has 0 aliphatic carbocycles. The van der Waals surface area contributed by atoms with Gasteiger partial charge in [0.1, 0.15) is 5.75 Å². The van der Waals surface area contributed by atoms with Crippen LogP contribution in [0.1, 0.15) is 11.1 Å². The summed E-state index contributed by atoms with van der Waals surface area (Å²) in [6.07, 6.45) is 1.74. The monoisotopic (exact) mass is 453 g/mol. The van der Waals surface area contributed by atoms with E-state index in [9.17, 15) is 3.89 Å². The highest BCUT2D eigenvalue weighted by Gasteiger charge is 2.16. The molecule has 5 rings (SSSR count). The molecule has 3 aromatic carbocycles. The van der Waals surface area contributed by atoms with E-state index >= 15 is 0 Å². The lowest BCUT2D eigenvalue weighted by molar-refractivity contribution is 0.416. The average molecular weight is 454 g/mol. The average Bonchev–Trinajstić information content (AvgIpc) is 3.26. The first-order valence-electron chi connectivity index (χ1n) is 10.4. The predicted molar refractivity (Wildman–Crippen MR) is 134 cm³/mol. The fourth-order valence-corrected chi connectivity index (χ4v) is 4.21. The molecule has 0 atom stereocenters. The highest BCUT2D eigenvalue weighted by molar-refractivity contribution is 7.92. The number of hydrogen-bond donors (Lipinski definition) is 0. The number of benzene rings is 3. The number of fused-ring (bicyclic) bond motifs is 1. The van der Waals surface area contributed by atoms with Gasteiger partial charge in [-0.2, -0.15) is 0 Å². The number of para-hydroxylation sites is 1. The Morgan fingerprint density at radius 2 is 1.45 bits per heavy atom. The fourth-order valence-electron chi connectivity index (χ4n) is 3.86. The molecule has 33 heavy (non-hydrogen) atoms. The molecule has 2 aromatic heterocycles. The lowest BCUT2D eigenvalue weighted by Crippen LogP contribution is -2.02. The molecule has 0 aliphatic heterocycles. The molecule has 0 saturated heterocycles. The molecule has 0 aliphatic rings. The summed E-state index contributed by atoms with van der Waals surface area (Å²) < 4.78 is 20.8. The number of methoxy groups -OCH3 is 1. The third kappa shape index (κ3) is 4.13. The number of halogens is 1. The van der Waals surface area contributed by atoms with Gasteiger partial charge in [-0.25, -0.2) is 13.9 Å². The zero-order valence-corrected chi connectivity index (χ0v) is 18.7. The molecule has 162 valence electrons. The molecule has 0 bridgehead atoms. The van der Waals surface area contributed by atoms with Gasteiger partial charge in [0.05, 0.1) is 12.8 Å². The standard InChI is InChI=1S/C27H20FN3OS/c1-32-24-15-9-8-14-21(24)23-18-31(33-28)27-22(23)16-17-25(30-27)29-26(19-10-4-2-5-11-19)20-12-6-3-7-13-20/h2-18H,1H3. The van der Waals surface area contributed by atoms with Crippen molar-refractivity contribution in [2.75, 3.05) is 7.11 Å². The SMILES string of the molecule is COc1ccccc1-c1cn(SF)c2nc(N=C(c3ccccc3)c3ccccc3)ccc12. The van der Waals surface area contributed by atoms with Gasteiger partial charge in [-0.1, -0.05) is 78.9 Å². The van der Waals surface area contributed by atoms with Crippen molar-refractivity contribution in [1.29, 1.82) is 0 Å². The van der Waals surface area contributed by atoms with E-state index in [0.717, 1.165) is 39.1 Å². The third-order valence-electron chi connectivity index (χ3n) is 5.40. The Kier molecular flexibility index (Phi) is 5.91. The Hall–Kier alpha value is -3.90. The molecule has 0 amide bonds. The van der Waals surface area contributed by atoms with Crippen LogP contribution in [0.2, 0.25) is 0 Å². The van der Waals surface area contributed by atoms with Gasteiger partial charge in [-0.05, 0) is 18.2 Å². The summed E-state index contributed by atoms with van der Waals surface area (Å²) in [5.41, 5.74) is 5.00. The summed E-state index contributed by atoms with van der Waals surface area (Å²) in [5.74, 6) is 1.23. The van der Waals surface area contributed by atoms with Crippen LogP contribution in [0.15, 0.2) is 108 Å². The van der Waals surface area contributed by atoms with E-state index in [2.05, 4.69) is 0 Å². The predicted octanol–water partition coefficient (Wildman–Crippen LogP) is 7.26. The van der Waals surface area contributed by atoms with E-state index in [1.54, 1.807) is 13.3 Å². The Morgan fingerprint density at radius 1 is 0.818 bits per heavy atom. The van der Waals surface area contributed by atoms with E-state index in [0.29, 0.717) is 11.5 Å². The van der Waals surface area contributed by atoms with Crippen LogP contribution in [-0.4, -0.2) is 21.8 Å². The van der Waals surface area contributed by atoms with Crippen LogP contribution in [0.4, 0.5) is 9.70 Å². The van der Waals surface area contributed by atoms with E-state index in [-0.39, 0.29) is 12.3 Å². The van der Waals surface area contributed by atoms with E-state index < -0.39 is 0 Å². The number of nitrogens with zero attached hydrogens (tertiary/aromatic N) is 3. The highest BCUT2D eigenvalue weighted by atomic mass is 32.2. The minimum Gasteiger partial charge on any atom is -0.496 e. The number of aliphatic imine (C=N–C) groups is 1. The second kappa shape index (κ2) is 9.30. The number of hydrogen-bond acceptors (Lipinski definition) is 4. The molecule has 2 heterocycles. The Balaban J connectivity index is 1.67. The van der Waals surface area contributed by atoms with Crippen LogP contribution < -0.4 is 4.74 Å². The number of ether oxygens (including phenoxy) is 1. The van der Waals surface area contributed by atoms with Gasteiger partial charge in [0.15, 0.2) is 23.8 Å². The van der Waals surface area contributed by atoms with Crippen molar-refractivity contribution in [2.24, 2.45) is 4.99 Å². The first-order valence-corrected chi connectivity index (χ1v) is 11.1. The van der Waals surface area contributed by atoms with Gasteiger partial charge in [0.25, 0.3) is 0 Å². The van der Waals surface area contributed by atoms with Crippen LogP contribution >= 0.6 is 12.3 Å². The van der Waals surface area contributed by atoms with Gasteiger partial charge in [-0.3, -0.25) is 0 Å². The van der Waals surface area contributed by atoms with Crippen LogP contribution in [-0.2, 0) is 0 Å². The zero-order chi connectivity index (χ0) is 22.6. The lowest BCUT2D eigenvalue weighted by Gasteiger charge is -2.08. The minimum absolute atomic E-state index is 0.112. The quantitative estimate of drug-likeness (QED) is 0.254. The summed E-state index contributed by atoms with van der Waals surface area (Å²) in [7, 11) is 1.63. The van der Waals surface area contributed by atoms with E-state index in [1.165, 1.54) is 3.97 Å². The van der Waals surface area contributed by atoms with Crippen molar-refractivity contribution in [3.63, 3.8) is 0 Å². The number of rotatable bonds is 6. The van der Waals surface area contributed by atoms with Gasteiger partial charge < -0.3 is 4.74 Å². The van der Waals surface area contributed by atoms with Gasteiger partial charge in [0, 0.05) is 33.8 Å². The third-order valence-corrected chi connectivity index (χ3v) is 5.83. The molecular weight excluding hydrogens is 433 g/mol. The lowest BCUT2D eigenvalue weighted by atomic mass is 10.0. The summed E-state index contributed by atoms with van der Waals surface area (Å²) in [6.45, 7) is 0. The highest BCUT2D eigenvalue weighted by Crippen LogP contribution is 2.38. The van der Waals surface area contributed by atoms with Crippen LogP contribution in [0.5, 0.6) is 5.75 Å². The maximum absolute atomic E-state index is 13.9. The first-order chi connectivity index (χ1) is 16.3. The van der Waals surface area contributed by atoms with Crippen molar-refractivity contribution < 1.29 is 8.62 Å². The summed E-state index contributed by atoms with van der Waals surface area (Å²) in [5, 5.41) is 0.824. The van der Waals surface area contributed by atoms with Crippen molar-refractivity contribution in [1.82, 2.24) is 8.96 Å². The normalized spacial score (nSPS) is 10.8. The molecule has 4 nitrogen and oxygen atoms in total. The topological polar surface area (TPSA) is 39.4 Å². The number of aromatic nitrogens is 2. The van der Waals surface area contributed by atoms with Crippen molar-refractivity contribution in [3.8, 4) is 16.9 Å². The summed E-state index contributed by atoms with van der Waals surface area (Å²) in [4.78, 5) is 9.59. The molecule has 0 unspecified atom stereocenters. The van der Waals surface area contributed by atoms with E-state index in [4.69, 9.17) is 14.7 Å². The maximum atomic E-state index is 13.9. The maximum Gasteiger partial charge on any atom is 0.171 e. The molecule has 0 fully saturated rings. The molecule has 0 spiro atoms. The molecule has 6 heteroatoms. The molecule has 0 N–H and O–H groups in total. The Morgan fingerprint density at radius 3 is 2.09 bits per heavy atom. The second-order valence-corrected chi connectivity index (χ2v) is 7.90. The molecule has 0 saturated carbocycles. The first kappa shape index (κ1) is 21.0. The van der Waals surface area contributed by atoms with Gasteiger partial charge in [0.2, 0.25) is 0 Å². The summed E-state index contributed by atoms with van der Waals surface area (Å²) in [6, 6.07) is 31.4. The Bertz CT molecular complexity index is 1390. The van der Waals surface area contributed by atoms with Crippen molar-refractivity contribution in [3.05, 3.63) is 114 Å². The second-order valence-electron chi connectivity index (χ2n) is 7.37. The largest absolute Gasteiger partial charge is 0.496 e. The van der Waals surface area contributed by atoms with Crippen molar-refractivity contribution in [2.45, 2.75) is 0 Å². The Labute approximate surface area is 195 Å². The van der Waals surface area contributed by atoms with Gasteiger partial charge >= 0.3 is 0 Å². The van der Waals surface area contributed by atoms with Crippen molar-refractivity contribution >= 4 is 34.9 Å². The fraction of sp³-hybridized carbons (Fsp3) is 0.0370. The summed E-state index contributed by atoms with van der Waals surface area (Å²) >= 11 is 0.112. The smallest absolute Gasteiger partial charge is 0.171 e. The van der Waals surface area contributed by atoms with Crippen LogP contribution in [0.3, 0.4) is 0 Å². The van der Waals surface area contributed by atoms with Gasteiger partial charge in [-0.15, -0.1) is 3.89 Å². The molecular formula is C27H20FN3OS. The molecule has 0 radical (unpaired) electrons. The van der Waals surface area contributed by atoms with Crippen LogP contribution in [0, 0.1) is 0 Å². The minimum atomic E-state index is 0.112. The number of pyridine rings is 1. The zero-order valence-electron chi connectivity index (χ0n) is 17.9. The van der Waals surface area contributed by atoms with Crippen LogP contribution in [0.25, 0.3) is 22.2 Å².